The summed E-state index contributed by atoms with van der Waals surface area (Å²) < 4.78 is 10.5. The summed E-state index contributed by atoms with van der Waals surface area (Å²) in [5, 5.41) is 9.95. The lowest BCUT2D eigenvalue weighted by Crippen LogP contribution is -2.46. The Morgan fingerprint density at radius 1 is 1.33 bits per heavy atom. The Hall–Kier alpha value is -1.30. The van der Waals surface area contributed by atoms with Gasteiger partial charge in [-0.05, 0) is 26.7 Å². The summed E-state index contributed by atoms with van der Waals surface area (Å²) in [5.74, 6) is -0.652. The summed E-state index contributed by atoms with van der Waals surface area (Å²) in [7, 11) is 0. The predicted molar refractivity (Wildman–Crippen MR) is 77.7 cm³/mol. The van der Waals surface area contributed by atoms with Crippen LogP contribution in [-0.2, 0) is 14.3 Å². The normalized spacial score (nSPS) is 26.1. The van der Waals surface area contributed by atoms with E-state index in [-0.39, 0.29) is 18.4 Å². The molecular formula is C15H27NO5. The van der Waals surface area contributed by atoms with Gasteiger partial charge in [-0.1, -0.05) is 20.8 Å². The quantitative estimate of drug-likeness (QED) is 0.804. The number of rotatable bonds is 3. The zero-order valence-electron chi connectivity index (χ0n) is 13.8. The first kappa shape index (κ1) is 17.8. The van der Waals surface area contributed by atoms with E-state index in [0.717, 1.165) is 0 Å². The third-order valence-corrected chi connectivity index (χ3v) is 3.25. The van der Waals surface area contributed by atoms with Gasteiger partial charge in [0.05, 0.1) is 19.3 Å². The van der Waals surface area contributed by atoms with Gasteiger partial charge in [0.15, 0.2) is 0 Å². The minimum atomic E-state index is -0.798. The molecule has 1 saturated heterocycles. The standard InChI is InChI=1S/C15H27NO5/c1-9(2)8-20-13(18)12-10(3)11(17)7-16(12)14(19)21-15(4,5)6/h9-12,17H,7-8H2,1-6H3/t10-,11+,12+/m1/s1. The van der Waals surface area contributed by atoms with Crippen molar-refractivity contribution in [2.45, 2.75) is 59.3 Å². The maximum atomic E-state index is 12.2. The number of amides is 1. The average Bonchev–Trinajstić information content (AvgIpc) is 2.61. The van der Waals surface area contributed by atoms with Crippen molar-refractivity contribution < 1.29 is 24.2 Å². The molecule has 1 heterocycles. The highest BCUT2D eigenvalue weighted by atomic mass is 16.6. The number of β-amino-alcohol motifs (C(OH)–C–C–N with tert-alkyl or cyclic N) is 1. The molecule has 21 heavy (non-hydrogen) atoms. The predicted octanol–water partition coefficient (Wildman–Crippen LogP) is 1.80. The first-order chi connectivity index (χ1) is 9.53. The summed E-state index contributed by atoms with van der Waals surface area (Å²) in [6, 6.07) is -0.798. The van der Waals surface area contributed by atoms with E-state index in [1.54, 1.807) is 27.7 Å². The van der Waals surface area contributed by atoms with Crippen LogP contribution in [0.4, 0.5) is 4.79 Å². The monoisotopic (exact) mass is 301 g/mol. The lowest BCUT2D eigenvalue weighted by Gasteiger charge is -2.28. The van der Waals surface area contributed by atoms with Crippen molar-refractivity contribution in [1.29, 1.82) is 0 Å². The third-order valence-electron chi connectivity index (χ3n) is 3.25. The van der Waals surface area contributed by atoms with Crippen LogP contribution >= 0.6 is 0 Å². The van der Waals surface area contributed by atoms with Crippen LogP contribution in [0.5, 0.6) is 0 Å². The van der Waals surface area contributed by atoms with Gasteiger partial charge in [0.2, 0.25) is 0 Å². The van der Waals surface area contributed by atoms with Crippen molar-refractivity contribution in [3.63, 3.8) is 0 Å². The summed E-state index contributed by atoms with van der Waals surface area (Å²) in [6.45, 7) is 11.2. The largest absolute Gasteiger partial charge is 0.464 e. The fourth-order valence-corrected chi connectivity index (χ4v) is 2.16. The number of nitrogens with zero attached hydrogens (tertiary/aromatic N) is 1. The molecule has 3 atom stereocenters. The van der Waals surface area contributed by atoms with Crippen LogP contribution in [0.15, 0.2) is 0 Å². The number of ether oxygens (including phenoxy) is 2. The Morgan fingerprint density at radius 3 is 2.38 bits per heavy atom. The van der Waals surface area contributed by atoms with E-state index in [9.17, 15) is 14.7 Å². The molecule has 1 aliphatic heterocycles. The first-order valence-corrected chi connectivity index (χ1v) is 7.37. The van der Waals surface area contributed by atoms with Crippen LogP contribution in [0.3, 0.4) is 0 Å². The van der Waals surface area contributed by atoms with Crippen LogP contribution in [0.1, 0.15) is 41.5 Å². The minimum absolute atomic E-state index is 0.0809. The summed E-state index contributed by atoms with van der Waals surface area (Å²) in [6.07, 6.45) is -1.36. The molecule has 6 nitrogen and oxygen atoms in total. The molecule has 1 aliphatic rings. The Labute approximate surface area is 126 Å². The first-order valence-electron chi connectivity index (χ1n) is 7.37. The topological polar surface area (TPSA) is 76.1 Å². The van der Waals surface area contributed by atoms with Gasteiger partial charge >= 0.3 is 12.1 Å². The number of aliphatic hydroxyl groups is 1. The van der Waals surface area contributed by atoms with E-state index in [4.69, 9.17) is 9.47 Å². The summed E-state index contributed by atoms with van der Waals surface area (Å²) >= 11 is 0. The van der Waals surface area contributed by atoms with Gasteiger partial charge in [-0.15, -0.1) is 0 Å². The molecule has 6 heteroatoms. The lowest BCUT2D eigenvalue weighted by molar-refractivity contribution is -0.151. The van der Waals surface area contributed by atoms with E-state index < -0.39 is 29.8 Å². The van der Waals surface area contributed by atoms with E-state index in [2.05, 4.69) is 0 Å². The lowest BCUT2D eigenvalue weighted by atomic mass is 10.0. The Morgan fingerprint density at radius 2 is 1.90 bits per heavy atom. The molecule has 0 aromatic rings. The van der Waals surface area contributed by atoms with Gasteiger partial charge < -0.3 is 14.6 Å². The Balaban J connectivity index is 2.81. The molecule has 1 amide bonds. The zero-order chi connectivity index (χ0) is 16.4. The molecule has 0 unspecified atom stereocenters. The zero-order valence-corrected chi connectivity index (χ0v) is 13.8. The highest BCUT2D eigenvalue weighted by Gasteiger charge is 2.47. The van der Waals surface area contributed by atoms with Crippen LogP contribution in [0.2, 0.25) is 0 Å². The van der Waals surface area contributed by atoms with Crippen LogP contribution < -0.4 is 0 Å². The molecule has 0 aromatic heterocycles. The number of carbonyl (C=O) groups excluding carboxylic acids is 2. The number of hydrogen-bond donors (Lipinski definition) is 1. The maximum absolute atomic E-state index is 12.2. The van der Waals surface area contributed by atoms with Gasteiger partial charge in [-0.2, -0.15) is 0 Å². The van der Waals surface area contributed by atoms with Crippen molar-refractivity contribution in [2.75, 3.05) is 13.2 Å². The van der Waals surface area contributed by atoms with Gasteiger partial charge in [-0.3, -0.25) is 4.90 Å². The van der Waals surface area contributed by atoms with E-state index in [1.165, 1.54) is 4.90 Å². The number of likely N-dealkylation sites (tertiary alicyclic amines) is 1. The number of aliphatic hydroxyl groups excluding tert-OH is 1. The molecule has 0 aromatic carbocycles. The fourth-order valence-electron chi connectivity index (χ4n) is 2.16. The van der Waals surface area contributed by atoms with Gasteiger partial charge in [-0.25, -0.2) is 9.59 Å². The van der Waals surface area contributed by atoms with Crippen molar-refractivity contribution in [3.05, 3.63) is 0 Å². The second-order valence-electron chi connectivity index (χ2n) is 7.03. The minimum Gasteiger partial charge on any atom is -0.464 e. The van der Waals surface area contributed by atoms with E-state index in [0.29, 0.717) is 6.61 Å². The summed E-state index contributed by atoms with van der Waals surface area (Å²) in [5.41, 5.74) is -0.653. The molecule has 1 N–H and O–H groups in total. The fraction of sp³-hybridized carbons (Fsp3) is 0.867. The Kier molecular flexibility index (Phi) is 5.61. The molecule has 0 radical (unpaired) electrons. The molecule has 1 fully saturated rings. The SMILES string of the molecule is CC(C)COC(=O)[C@@H]1[C@H](C)[C@@H](O)CN1C(=O)OC(C)(C)C. The van der Waals surface area contributed by atoms with Crippen molar-refractivity contribution >= 4 is 12.1 Å². The third kappa shape index (κ3) is 4.88. The smallest absolute Gasteiger partial charge is 0.411 e. The highest BCUT2D eigenvalue weighted by Crippen LogP contribution is 2.27. The van der Waals surface area contributed by atoms with Crippen molar-refractivity contribution in [3.8, 4) is 0 Å². The van der Waals surface area contributed by atoms with E-state index in [1.807, 2.05) is 13.8 Å². The van der Waals surface area contributed by atoms with Gasteiger partial charge in [0.1, 0.15) is 11.6 Å². The maximum Gasteiger partial charge on any atom is 0.411 e. The van der Waals surface area contributed by atoms with Crippen LogP contribution in [0, 0.1) is 11.8 Å². The molecule has 122 valence electrons. The van der Waals surface area contributed by atoms with Crippen molar-refractivity contribution in [1.82, 2.24) is 4.90 Å². The molecule has 1 rings (SSSR count). The second-order valence-corrected chi connectivity index (χ2v) is 7.03. The molecular weight excluding hydrogens is 274 g/mol. The van der Waals surface area contributed by atoms with Crippen molar-refractivity contribution in [2.24, 2.45) is 11.8 Å². The second kappa shape index (κ2) is 6.64. The number of esters is 1. The summed E-state index contributed by atoms with van der Waals surface area (Å²) in [4.78, 5) is 25.7. The van der Waals surface area contributed by atoms with Gasteiger partial charge in [0, 0.05) is 5.92 Å². The molecule has 0 saturated carbocycles. The molecule has 0 spiro atoms. The number of hydrogen-bond acceptors (Lipinski definition) is 5. The Bertz CT molecular complexity index is 388. The average molecular weight is 301 g/mol. The van der Waals surface area contributed by atoms with E-state index >= 15 is 0 Å². The highest BCUT2D eigenvalue weighted by molar-refractivity contribution is 5.82. The van der Waals surface area contributed by atoms with Crippen LogP contribution in [-0.4, -0.2) is 53.0 Å². The molecule has 0 bridgehead atoms. The number of carbonyl (C=O) groups is 2. The van der Waals surface area contributed by atoms with Gasteiger partial charge in [0.25, 0.3) is 0 Å². The van der Waals surface area contributed by atoms with Crippen LogP contribution in [0.25, 0.3) is 0 Å². The molecule has 0 aliphatic carbocycles.